The third-order valence-corrected chi connectivity index (χ3v) is 3.32. The van der Waals surface area contributed by atoms with Crippen LogP contribution >= 0.6 is 23.2 Å². The highest BCUT2D eigenvalue weighted by atomic mass is 35.5. The predicted molar refractivity (Wildman–Crippen MR) is 78.6 cm³/mol. The Labute approximate surface area is 123 Å². The Morgan fingerprint density at radius 1 is 1.53 bits per heavy atom. The number of rotatable bonds is 6. The van der Waals surface area contributed by atoms with Crippen LogP contribution in [-0.4, -0.2) is 19.1 Å². The zero-order valence-electron chi connectivity index (χ0n) is 11.0. The molecule has 1 N–H and O–H groups in total. The lowest BCUT2D eigenvalue weighted by Gasteiger charge is -2.29. The summed E-state index contributed by atoms with van der Waals surface area (Å²) in [4.78, 5) is 12.2. The molecule has 3 nitrogen and oxygen atoms in total. The molecular weight excluding hydrogens is 285 g/mol. The van der Waals surface area contributed by atoms with Gasteiger partial charge in [-0.05, 0) is 32.0 Å². The van der Waals surface area contributed by atoms with Crippen molar-refractivity contribution in [3.63, 3.8) is 0 Å². The van der Waals surface area contributed by atoms with Crippen LogP contribution in [-0.2, 0) is 15.1 Å². The summed E-state index contributed by atoms with van der Waals surface area (Å²) in [6.45, 7) is 7.84. The number of benzene rings is 1. The van der Waals surface area contributed by atoms with E-state index in [1.54, 1.807) is 38.1 Å². The lowest BCUT2D eigenvalue weighted by molar-refractivity contribution is -0.150. The molecule has 1 atom stereocenters. The van der Waals surface area contributed by atoms with E-state index in [4.69, 9.17) is 27.9 Å². The third-order valence-electron chi connectivity index (χ3n) is 2.75. The smallest absolute Gasteiger partial charge is 0.330 e. The average molecular weight is 302 g/mol. The van der Waals surface area contributed by atoms with Crippen molar-refractivity contribution in [1.29, 1.82) is 0 Å². The number of hydrogen-bond donors (Lipinski definition) is 1. The van der Waals surface area contributed by atoms with Crippen LogP contribution in [0, 0.1) is 0 Å². The first-order valence-electron chi connectivity index (χ1n) is 5.94. The molecule has 1 unspecified atom stereocenters. The zero-order chi connectivity index (χ0) is 14.5. The molecule has 104 valence electrons. The summed E-state index contributed by atoms with van der Waals surface area (Å²) < 4.78 is 5.12. The molecule has 0 aromatic heterocycles. The maximum atomic E-state index is 12.2. The van der Waals surface area contributed by atoms with Gasteiger partial charge in [-0.15, -0.1) is 6.58 Å². The highest BCUT2D eigenvalue weighted by Crippen LogP contribution is 2.31. The third kappa shape index (κ3) is 3.72. The van der Waals surface area contributed by atoms with Gasteiger partial charge in [-0.25, -0.2) is 4.79 Å². The van der Waals surface area contributed by atoms with Crippen LogP contribution in [0.15, 0.2) is 30.9 Å². The molecule has 0 amide bonds. The van der Waals surface area contributed by atoms with Gasteiger partial charge >= 0.3 is 5.97 Å². The lowest BCUT2D eigenvalue weighted by Crippen LogP contribution is -2.48. The van der Waals surface area contributed by atoms with Crippen molar-refractivity contribution in [2.24, 2.45) is 0 Å². The molecule has 19 heavy (non-hydrogen) atoms. The van der Waals surface area contributed by atoms with Crippen molar-refractivity contribution in [2.45, 2.75) is 19.4 Å². The first-order chi connectivity index (χ1) is 8.95. The molecule has 0 radical (unpaired) electrons. The van der Waals surface area contributed by atoms with Crippen LogP contribution in [0.4, 0.5) is 0 Å². The van der Waals surface area contributed by atoms with Crippen molar-refractivity contribution in [1.82, 2.24) is 5.32 Å². The molecule has 0 fully saturated rings. The van der Waals surface area contributed by atoms with E-state index >= 15 is 0 Å². The molecule has 0 spiro atoms. The zero-order valence-corrected chi connectivity index (χ0v) is 12.5. The quantitative estimate of drug-likeness (QED) is 0.645. The van der Waals surface area contributed by atoms with Crippen LogP contribution < -0.4 is 5.32 Å². The molecule has 0 aliphatic carbocycles. The van der Waals surface area contributed by atoms with Crippen LogP contribution in [0.25, 0.3) is 0 Å². The summed E-state index contributed by atoms with van der Waals surface area (Å²) in [5, 5.41) is 4.04. The first-order valence-corrected chi connectivity index (χ1v) is 6.70. The van der Waals surface area contributed by atoms with E-state index in [9.17, 15) is 4.79 Å². The fourth-order valence-electron chi connectivity index (χ4n) is 1.71. The fraction of sp³-hybridized carbons (Fsp3) is 0.357. The van der Waals surface area contributed by atoms with Crippen LogP contribution in [0.3, 0.4) is 0 Å². The summed E-state index contributed by atoms with van der Waals surface area (Å²) in [5.74, 6) is -0.402. The predicted octanol–water partition coefficient (Wildman–Crippen LogP) is 3.55. The van der Waals surface area contributed by atoms with E-state index < -0.39 is 11.5 Å². The van der Waals surface area contributed by atoms with Crippen molar-refractivity contribution in [3.05, 3.63) is 46.5 Å². The standard InChI is InChI=1S/C14H17Cl2NO2/c1-4-8-17-14(3,13(18)19-5-2)11-9-10(15)6-7-12(11)16/h4,6-7,9,17H,1,5,8H2,2-3H3. The largest absolute Gasteiger partial charge is 0.464 e. The average Bonchev–Trinajstić information content (AvgIpc) is 2.39. The van der Waals surface area contributed by atoms with E-state index in [2.05, 4.69) is 11.9 Å². The molecule has 0 bridgehead atoms. The lowest BCUT2D eigenvalue weighted by atomic mass is 9.91. The van der Waals surface area contributed by atoms with Gasteiger partial charge in [-0.2, -0.15) is 0 Å². The molecule has 1 aromatic rings. The molecule has 0 aliphatic heterocycles. The number of ether oxygens (including phenoxy) is 1. The maximum Gasteiger partial charge on any atom is 0.330 e. The Hall–Kier alpha value is -1.03. The molecule has 0 heterocycles. The summed E-state index contributed by atoms with van der Waals surface area (Å²) >= 11 is 12.2. The number of esters is 1. The van der Waals surface area contributed by atoms with Gasteiger partial charge in [0.25, 0.3) is 0 Å². The Kier molecular flexibility index (Phi) is 5.85. The minimum atomic E-state index is -1.06. The highest BCUT2D eigenvalue weighted by Gasteiger charge is 2.37. The van der Waals surface area contributed by atoms with Crippen molar-refractivity contribution >= 4 is 29.2 Å². The van der Waals surface area contributed by atoms with E-state index in [-0.39, 0.29) is 0 Å². The van der Waals surface area contributed by atoms with Gasteiger partial charge in [0.05, 0.1) is 6.61 Å². The van der Waals surface area contributed by atoms with Crippen molar-refractivity contribution in [3.8, 4) is 0 Å². The van der Waals surface area contributed by atoms with E-state index in [0.717, 1.165) is 0 Å². The number of nitrogens with one attached hydrogen (secondary N) is 1. The van der Waals surface area contributed by atoms with Crippen LogP contribution in [0.5, 0.6) is 0 Å². The normalized spacial score (nSPS) is 13.7. The fourth-order valence-corrected chi connectivity index (χ4v) is 2.19. The van der Waals surface area contributed by atoms with Gasteiger partial charge in [0, 0.05) is 22.2 Å². The maximum absolute atomic E-state index is 12.2. The topological polar surface area (TPSA) is 38.3 Å². The highest BCUT2D eigenvalue weighted by molar-refractivity contribution is 6.33. The van der Waals surface area contributed by atoms with Crippen molar-refractivity contribution in [2.75, 3.05) is 13.2 Å². The summed E-state index contributed by atoms with van der Waals surface area (Å²) in [6, 6.07) is 5.00. The van der Waals surface area contributed by atoms with Gasteiger partial charge in [-0.1, -0.05) is 29.3 Å². The second-order valence-electron chi connectivity index (χ2n) is 4.14. The second-order valence-corrected chi connectivity index (χ2v) is 4.98. The number of hydrogen-bond acceptors (Lipinski definition) is 3. The molecule has 5 heteroatoms. The van der Waals surface area contributed by atoms with Crippen LogP contribution in [0.2, 0.25) is 10.0 Å². The Morgan fingerprint density at radius 3 is 2.79 bits per heavy atom. The Balaban J connectivity index is 3.25. The molecule has 1 rings (SSSR count). The van der Waals surface area contributed by atoms with Gasteiger partial charge in [-0.3, -0.25) is 5.32 Å². The first kappa shape index (κ1) is 16.0. The Bertz CT molecular complexity index is 477. The van der Waals surface area contributed by atoms with Crippen molar-refractivity contribution < 1.29 is 9.53 Å². The Morgan fingerprint density at radius 2 is 2.21 bits per heavy atom. The van der Waals surface area contributed by atoms with Gasteiger partial charge in [0.15, 0.2) is 0 Å². The SMILES string of the molecule is C=CCNC(C)(C(=O)OCC)c1cc(Cl)ccc1Cl. The van der Waals surface area contributed by atoms with Gasteiger partial charge in [0.2, 0.25) is 0 Å². The van der Waals surface area contributed by atoms with E-state index in [1.807, 2.05) is 0 Å². The minimum absolute atomic E-state index is 0.294. The molecule has 0 saturated carbocycles. The van der Waals surface area contributed by atoms with E-state index in [0.29, 0.717) is 28.8 Å². The number of carbonyl (C=O) groups is 1. The minimum Gasteiger partial charge on any atom is -0.464 e. The molecule has 1 aromatic carbocycles. The molecule has 0 aliphatic rings. The molecule has 0 saturated heterocycles. The number of carbonyl (C=O) groups excluding carboxylic acids is 1. The molecular formula is C14H17Cl2NO2. The number of halogens is 2. The second kappa shape index (κ2) is 6.94. The van der Waals surface area contributed by atoms with Gasteiger partial charge < -0.3 is 4.74 Å². The van der Waals surface area contributed by atoms with Crippen LogP contribution in [0.1, 0.15) is 19.4 Å². The van der Waals surface area contributed by atoms with E-state index in [1.165, 1.54) is 0 Å². The van der Waals surface area contributed by atoms with Gasteiger partial charge in [0.1, 0.15) is 5.54 Å². The summed E-state index contributed by atoms with van der Waals surface area (Å²) in [5.41, 5.74) is -0.478. The monoisotopic (exact) mass is 301 g/mol. The summed E-state index contributed by atoms with van der Waals surface area (Å²) in [7, 11) is 0. The summed E-state index contributed by atoms with van der Waals surface area (Å²) in [6.07, 6.45) is 1.66.